The molecule has 1 aromatic rings. The highest BCUT2D eigenvalue weighted by molar-refractivity contribution is 5.70. The van der Waals surface area contributed by atoms with Gasteiger partial charge in [-0.25, -0.2) is 4.98 Å². The number of rotatable bonds is 2. The fourth-order valence-corrected chi connectivity index (χ4v) is 3.85. The highest BCUT2D eigenvalue weighted by Gasteiger charge is 2.30. The Bertz CT molecular complexity index is 499. The maximum atomic E-state index is 11.2. The minimum atomic E-state index is -0.669. The van der Waals surface area contributed by atoms with Crippen LogP contribution in [0.1, 0.15) is 68.1 Å². The molecule has 110 valence electrons. The Morgan fingerprint density at radius 3 is 2.55 bits per heavy atom. The summed E-state index contributed by atoms with van der Waals surface area (Å²) in [4.78, 5) is 16.0. The van der Waals surface area contributed by atoms with E-state index in [0.29, 0.717) is 12.3 Å². The van der Waals surface area contributed by atoms with E-state index in [4.69, 9.17) is 4.98 Å². The molecular formula is C16H24N2O2. The van der Waals surface area contributed by atoms with E-state index < -0.39 is 5.97 Å². The van der Waals surface area contributed by atoms with Crippen LogP contribution >= 0.6 is 0 Å². The van der Waals surface area contributed by atoms with E-state index in [2.05, 4.69) is 11.6 Å². The van der Waals surface area contributed by atoms with Crippen molar-refractivity contribution < 1.29 is 9.90 Å². The van der Waals surface area contributed by atoms with Crippen molar-refractivity contribution in [2.45, 2.75) is 63.7 Å². The van der Waals surface area contributed by atoms with Gasteiger partial charge in [-0.1, -0.05) is 25.7 Å². The van der Waals surface area contributed by atoms with Gasteiger partial charge >= 0.3 is 5.97 Å². The molecule has 0 aromatic carbocycles. The maximum Gasteiger partial charge on any atom is 0.306 e. The topological polar surface area (TPSA) is 55.1 Å². The van der Waals surface area contributed by atoms with Gasteiger partial charge in [0, 0.05) is 25.1 Å². The third kappa shape index (κ3) is 2.48. The second-order valence-electron chi connectivity index (χ2n) is 6.39. The first kappa shape index (κ1) is 13.7. The van der Waals surface area contributed by atoms with Crippen molar-refractivity contribution in [1.29, 1.82) is 0 Å². The van der Waals surface area contributed by atoms with Crippen LogP contribution in [0.3, 0.4) is 0 Å². The SMILES string of the molecule is Cn1c(C2CCCCCC2)nc2c1CCC(C(=O)O)C2. The highest BCUT2D eigenvalue weighted by Crippen LogP contribution is 2.34. The van der Waals surface area contributed by atoms with Gasteiger partial charge in [0.15, 0.2) is 0 Å². The van der Waals surface area contributed by atoms with Crippen molar-refractivity contribution in [3.05, 3.63) is 17.2 Å². The molecule has 2 aliphatic carbocycles. The molecule has 20 heavy (non-hydrogen) atoms. The Morgan fingerprint density at radius 2 is 1.90 bits per heavy atom. The molecular weight excluding hydrogens is 252 g/mol. The fourth-order valence-electron chi connectivity index (χ4n) is 3.85. The molecule has 1 N–H and O–H groups in total. The van der Waals surface area contributed by atoms with E-state index in [1.165, 1.54) is 50.0 Å². The molecule has 4 nitrogen and oxygen atoms in total. The molecule has 1 aromatic heterocycles. The average Bonchev–Trinajstić information content (AvgIpc) is 2.64. The Hall–Kier alpha value is -1.32. The lowest BCUT2D eigenvalue weighted by Gasteiger charge is -2.18. The number of carboxylic acids is 1. The van der Waals surface area contributed by atoms with Gasteiger partial charge in [-0.05, 0) is 25.7 Å². The number of carboxylic acid groups (broad SMARTS) is 1. The third-order valence-corrected chi connectivity index (χ3v) is 5.07. The van der Waals surface area contributed by atoms with Gasteiger partial charge in [0.05, 0.1) is 11.6 Å². The largest absolute Gasteiger partial charge is 0.481 e. The normalized spacial score (nSPS) is 24.1. The quantitative estimate of drug-likeness (QED) is 0.845. The number of aromatic nitrogens is 2. The van der Waals surface area contributed by atoms with Gasteiger partial charge < -0.3 is 9.67 Å². The molecule has 0 radical (unpaired) electrons. The summed E-state index contributed by atoms with van der Waals surface area (Å²) >= 11 is 0. The van der Waals surface area contributed by atoms with Crippen molar-refractivity contribution in [2.75, 3.05) is 0 Å². The van der Waals surface area contributed by atoms with Crippen LogP contribution in [0.15, 0.2) is 0 Å². The van der Waals surface area contributed by atoms with E-state index in [0.717, 1.165) is 18.5 Å². The van der Waals surface area contributed by atoms with E-state index >= 15 is 0 Å². The summed E-state index contributed by atoms with van der Waals surface area (Å²) in [6, 6.07) is 0. The third-order valence-electron chi connectivity index (χ3n) is 5.07. The van der Waals surface area contributed by atoms with Gasteiger partial charge in [-0.2, -0.15) is 0 Å². The van der Waals surface area contributed by atoms with E-state index in [-0.39, 0.29) is 5.92 Å². The van der Waals surface area contributed by atoms with Gasteiger partial charge in [-0.15, -0.1) is 0 Å². The molecule has 1 heterocycles. The number of aliphatic carboxylic acids is 1. The standard InChI is InChI=1S/C16H24N2O2/c1-18-14-9-8-12(16(19)20)10-13(14)17-15(18)11-6-4-2-3-5-7-11/h11-12H,2-10H2,1H3,(H,19,20). The number of fused-ring (bicyclic) bond motifs is 1. The van der Waals surface area contributed by atoms with Crippen molar-refractivity contribution in [2.24, 2.45) is 13.0 Å². The Balaban J connectivity index is 1.85. The number of nitrogens with zero attached hydrogens (tertiary/aromatic N) is 2. The monoisotopic (exact) mass is 276 g/mol. The van der Waals surface area contributed by atoms with Crippen molar-refractivity contribution in [1.82, 2.24) is 9.55 Å². The van der Waals surface area contributed by atoms with E-state index in [1.807, 2.05) is 0 Å². The summed E-state index contributed by atoms with van der Waals surface area (Å²) in [5.74, 6) is 0.885. The molecule has 1 atom stereocenters. The lowest BCUT2D eigenvalue weighted by molar-refractivity contribution is -0.142. The van der Waals surface area contributed by atoms with Crippen LogP contribution in [-0.2, 0) is 24.7 Å². The highest BCUT2D eigenvalue weighted by atomic mass is 16.4. The lowest BCUT2D eigenvalue weighted by Crippen LogP contribution is -2.22. The van der Waals surface area contributed by atoms with Gasteiger partial charge in [0.1, 0.15) is 5.82 Å². The van der Waals surface area contributed by atoms with Crippen LogP contribution < -0.4 is 0 Å². The van der Waals surface area contributed by atoms with Crippen LogP contribution in [0.25, 0.3) is 0 Å². The van der Waals surface area contributed by atoms with Crippen LogP contribution in [0.5, 0.6) is 0 Å². The first-order valence-electron chi connectivity index (χ1n) is 7.94. The number of hydrogen-bond donors (Lipinski definition) is 1. The zero-order valence-corrected chi connectivity index (χ0v) is 12.3. The molecule has 0 aliphatic heterocycles. The Kier molecular flexibility index (Phi) is 3.81. The zero-order valence-electron chi connectivity index (χ0n) is 12.3. The summed E-state index contributed by atoms with van der Waals surface area (Å²) in [7, 11) is 2.12. The van der Waals surface area contributed by atoms with Crippen molar-refractivity contribution >= 4 is 5.97 Å². The number of imidazole rings is 1. The summed E-state index contributed by atoms with van der Waals surface area (Å²) in [5.41, 5.74) is 2.33. The summed E-state index contributed by atoms with van der Waals surface area (Å²) in [5, 5.41) is 9.19. The summed E-state index contributed by atoms with van der Waals surface area (Å²) < 4.78 is 2.27. The Labute approximate surface area is 120 Å². The minimum Gasteiger partial charge on any atom is -0.481 e. The molecule has 3 rings (SSSR count). The molecule has 4 heteroatoms. The fraction of sp³-hybridized carbons (Fsp3) is 0.750. The minimum absolute atomic E-state index is 0.237. The van der Waals surface area contributed by atoms with Crippen molar-refractivity contribution in [3.8, 4) is 0 Å². The van der Waals surface area contributed by atoms with Crippen LogP contribution in [0.2, 0.25) is 0 Å². The van der Waals surface area contributed by atoms with Gasteiger partial charge in [0.25, 0.3) is 0 Å². The molecule has 0 saturated heterocycles. The molecule has 1 saturated carbocycles. The summed E-state index contributed by atoms with van der Waals surface area (Å²) in [6.45, 7) is 0. The number of hydrogen-bond acceptors (Lipinski definition) is 2. The van der Waals surface area contributed by atoms with Gasteiger partial charge in [-0.3, -0.25) is 4.79 Å². The predicted octanol–water partition coefficient (Wildman–Crippen LogP) is 3.05. The second-order valence-corrected chi connectivity index (χ2v) is 6.39. The number of carbonyl (C=O) groups is 1. The lowest BCUT2D eigenvalue weighted by atomic mass is 9.90. The molecule has 1 fully saturated rings. The van der Waals surface area contributed by atoms with Crippen LogP contribution in [0.4, 0.5) is 0 Å². The zero-order chi connectivity index (χ0) is 14.1. The molecule has 2 aliphatic rings. The van der Waals surface area contributed by atoms with Crippen LogP contribution in [-0.4, -0.2) is 20.6 Å². The molecule has 0 amide bonds. The second kappa shape index (κ2) is 5.58. The van der Waals surface area contributed by atoms with E-state index in [9.17, 15) is 9.90 Å². The summed E-state index contributed by atoms with van der Waals surface area (Å²) in [6.07, 6.45) is 10.0. The Morgan fingerprint density at radius 1 is 1.20 bits per heavy atom. The van der Waals surface area contributed by atoms with Gasteiger partial charge in [0.2, 0.25) is 0 Å². The first-order valence-corrected chi connectivity index (χ1v) is 7.94. The van der Waals surface area contributed by atoms with Crippen molar-refractivity contribution in [3.63, 3.8) is 0 Å². The average molecular weight is 276 g/mol. The molecule has 1 unspecified atom stereocenters. The molecule has 0 bridgehead atoms. The smallest absolute Gasteiger partial charge is 0.306 e. The predicted molar refractivity (Wildman–Crippen MR) is 76.8 cm³/mol. The van der Waals surface area contributed by atoms with Crippen LogP contribution in [0, 0.1) is 5.92 Å². The van der Waals surface area contributed by atoms with E-state index in [1.54, 1.807) is 0 Å². The maximum absolute atomic E-state index is 11.2. The first-order chi connectivity index (χ1) is 9.66. The molecule has 0 spiro atoms.